The van der Waals surface area contributed by atoms with E-state index in [0.717, 1.165) is 12.8 Å². The van der Waals surface area contributed by atoms with Crippen molar-refractivity contribution in [3.63, 3.8) is 0 Å². The Kier molecular flexibility index (Phi) is 7.50. The zero-order valence-electron chi connectivity index (χ0n) is 14.8. The molecule has 7 nitrogen and oxygen atoms in total. The van der Waals surface area contributed by atoms with Gasteiger partial charge >= 0.3 is 0 Å². The maximum absolute atomic E-state index is 12.4. The Balaban J connectivity index is 2.87. The SMILES string of the molecule is CCC[C@@H](C)NC(=O)[C@H](C)NS(=O)(=O)c1ccc(OC)c(OC)c1. The fourth-order valence-electron chi connectivity index (χ4n) is 2.21. The van der Waals surface area contributed by atoms with Crippen LogP contribution in [0.1, 0.15) is 33.6 Å². The third-order valence-corrected chi connectivity index (χ3v) is 5.04. The molecule has 0 bridgehead atoms. The Bertz CT molecular complexity index is 660. The van der Waals surface area contributed by atoms with Crippen molar-refractivity contribution in [2.75, 3.05) is 14.2 Å². The predicted octanol–water partition coefficient (Wildman–Crippen LogP) is 1.68. The van der Waals surface area contributed by atoms with Crippen LogP contribution in [0.25, 0.3) is 0 Å². The van der Waals surface area contributed by atoms with E-state index in [1.165, 1.54) is 39.3 Å². The van der Waals surface area contributed by atoms with E-state index in [1.807, 2.05) is 13.8 Å². The average molecular weight is 358 g/mol. The molecule has 0 saturated heterocycles. The van der Waals surface area contributed by atoms with Gasteiger partial charge in [-0.3, -0.25) is 4.79 Å². The Morgan fingerprint density at radius 2 is 1.79 bits per heavy atom. The maximum Gasteiger partial charge on any atom is 0.241 e. The van der Waals surface area contributed by atoms with E-state index >= 15 is 0 Å². The molecule has 2 N–H and O–H groups in total. The highest BCUT2D eigenvalue weighted by atomic mass is 32.2. The Hall–Kier alpha value is -1.80. The molecule has 1 aromatic carbocycles. The van der Waals surface area contributed by atoms with E-state index in [0.29, 0.717) is 11.5 Å². The molecule has 0 aliphatic heterocycles. The van der Waals surface area contributed by atoms with Gasteiger partial charge in [-0.2, -0.15) is 4.72 Å². The van der Waals surface area contributed by atoms with Crippen molar-refractivity contribution in [3.8, 4) is 11.5 Å². The van der Waals surface area contributed by atoms with Gasteiger partial charge in [0.05, 0.1) is 25.2 Å². The number of methoxy groups -OCH3 is 2. The van der Waals surface area contributed by atoms with Crippen LogP contribution in [-0.4, -0.2) is 40.6 Å². The van der Waals surface area contributed by atoms with Gasteiger partial charge in [-0.1, -0.05) is 13.3 Å². The summed E-state index contributed by atoms with van der Waals surface area (Å²) < 4.78 is 37.4. The van der Waals surface area contributed by atoms with Crippen LogP contribution in [0.5, 0.6) is 11.5 Å². The molecular weight excluding hydrogens is 332 g/mol. The number of sulfonamides is 1. The molecule has 1 rings (SSSR count). The first-order valence-corrected chi connectivity index (χ1v) is 9.28. The predicted molar refractivity (Wildman–Crippen MR) is 91.8 cm³/mol. The van der Waals surface area contributed by atoms with Crippen molar-refractivity contribution in [2.24, 2.45) is 0 Å². The Morgan fingerprint density at radius 3 is 2.33 bits per heavy atom. The molecule has 0 fully saturated rings. The second-order valence-electron chi connectivity index (χ2n) is 5.56. The summed E-state index contributed by atoms with van der Waals surface area (Å²) in [7, 11) is -0.967. The molecular formula is C16H26N2O5S. The van der Waals surface area contributed by atoms with Crippen molar-refractivity contribution < 1.29 is 22.7 Å². The van der Waals surface area contributed by atoms with Gasteiger partial charge in [-0.05, 0) is 32.4 Å². The molecule has 0 aliphatic carbocycles. The van der Waals surface area contributed by atoms with Crippen molar-refractivity contribution in [2.45, 2.75) is 50.6 Å². The fourth-order valence-corrected chi connectivity index (χ4v) is 3.43. The lowest BCUT2D eigenvalue weighted by atomic mass is 10.2. The molecule has 0 spiro atoms. The number of carbonyl (C=O) groups excluding carboxylic acids is 1. The highest BCUT2D eigenvalue weighted by Gasteiger charge is 2.24. The summed E-state index contributed by atoms with van der Waals surface area (Å²) in [4.78, 5) is 12.1. The summed E-state index contributed by atoms with van der Waals surface area (Å²) in [6.45, 7) is 5.41. The highest BCUT2D eigenvalue weighted by molar-refractivity contribution is 7.89. The molecule has 0 heterocycles. The maximum atomic E-state index is 12.4. The van der Waals surface area contributed by atoms with Gasteiger partial charge in [0.2, 0.25) is 15.9 Å². The number of nitrogens with one attached hydrogen (secondary N) is 2. The number of hydrogen-bond donors (Lipinski definition) is 2. The van der Waals surface area contributed by atoms with Crippen LogP contribution in [0, 0.1) is 0 Å². The second-order valence-corrected chi connectivity index (χ2v) is 7.27. The van der Waals surface area contributed by atoms with E-state index in [1.54, 1.807) is 0 Å². The molecule has 0 aromatic heterocycles. The second kappa shape index (κ2) is 8.89. The minimum Gasteiger partial charge on any atom is -0.493 e. The van der Waals surface area contributed by atoms with Crippen molar-refractivity contribution in [1.82, 2.24) is 10.0 Å². The first-order valence-electron chi connectivity index (χ1n) is 7.79. The molecule has 1 aromatic rings. The molecule has 0 saturated carbocycles. The number of benzene rings is 1. The number of hydrogen-bond acceptors (Lipinski definition) is 5. The summed E-state index contributed by atoms with van der Waals surface area (Å²) in [5, 5.41) is 2.78. The van der Waals surface area contributed by atoms with Gasteiger partial charge in [0, 0.05) is 12.1 Å². The first-order chi connectivity index (χ1) is 11.2. The summed E-state index contributed by atoms with van der Waals surface area (Å²) in [6, 6.07) is 3.36. The van der Waals surface area contributed by atoms with E-state index in [4.69, 9.17) is 9.47 Å². The highest BCUT2D eigenvalue weighted by Crippen LogP contribution is 2.29. The van der Waals surface area contributed by atoms with Crippen molar-refractivity contribution >= 4 is 15.9 Å². The van der Waals surface area contributed by atoms with Gasteiger partial charge in [0.25, 0.3) is 0 Å². The zero-order chi connectivity index (χ0) is 18.3. The number of rotatable bonds is 9. The van der Waals surface area contributed by atoms with E-state index in [9.17, 15) is 13.2 Å². The topological polar surface area (TPSA) is 93.7 Å². The lowest BCUT2D eigenvalue weighted by molar-refractivity contribution is -0.123. The standard InChI is InChI=1S/C16H26N2O5S/c1-6-7-11(2)17-16(19)12(3)18-24(20,21)13-8-9-14(22-4)15(10-13)23-5/h8-12,18H,6-7H2,1-5H3,(H,17,19)/t11-,12+/m1/s1. The van der Waals surface area contributed by atoms with Gasteiger partial charge in [-0.25, -0.2) is 8.42 Å². The molecule has 0 aliphatic rings. The largest absolute Gasteiger partial charge is 0.493 e. The lowest BCUT2D eigenvalue weighted by Crippen LogP contribution is -2.47. The lowest BCUT2D eigenvalue weighted by Gasteiger charge is -2.18. The number of carbonyl (C=O) groups is 1. The summed E-state index contributed by atoms with van der Waals surface area (Å²) in [5.41, 5.74) is 0. The van der Waals surface area contributed by atoms with Crippen LogP contribution in [-0.2, 0) is 14.8 Å². The molecule has 2 atom stereocenters. The van der Waals surface area contributed by atoms with Gasteiger partial charge < -0.3 is 14.8 Å². The van der Waals surface area contributed by atoms with Crippen molar-refractivity contribution in [1.29, 1.82) is 0 Å². The zero-order valence-corrected chi connectivity index (χ0v) is 15.6. The Labute approximate surface area is 143 Å². The molecule has 8 heteroatoms. The van der Waals surface area contributed by atoms with Crippen molar-refractivity contribution in [3.05, 3.63) is 18.2 Å². The van der Waals surface area contributed by atoms with Crippen LogP contribution in [0.4, 0.5) is 0 Å². The summed E-state index contributed by atoms with van der Waals surface area (Å²) in [6.07, 6.45) is 1.77. The third-order valence-electron chi connectivity index (χ3n) is 3.50. The van der Waals surface area contributed by atoms with Crippen LogP contribution in [0.2, 0.25) is 0 Å². The molecule has 0 unspecified atom stereocenters. The van der Waals surface area contributed by atoms with Gasteiger partial charge in [0.15, 0.2) is 11.5 Å². The Morgan fingerprint density at radius 1 is 1.17 bits per heavy atom. The molecule has 0 radical (unpaired) electrons. The van der Waals surface area contributed by atoms with Crippen LogP contribution in [0.15, 0.2) is 23.1 Å². The molecule has 24 heavy (non-hydrogen) atoms. The van der Waals surface area contributed by atoms with E-state index in [-0.39, 0.29) is 16.8 Å². The third kappa shape index (κ3) is 5.38. The number of ether oxygens (including phenoxy) is 2. The minimum absolute atomic E-state index is 0.00130. The minimum atomic E-state index is -3.86. The van der Waals surface area contributed by atoms with Gasteiger partial charge in [-0.15, -0.1) is 0 Å². The monoisotopic (exact) mass is 358 g/mol. The first kappa shape index (κ1) is 20.2. The smallest absolute Gasteiger partial charge is 0.241 e. The van der Waals surface area contributed by atoms with Crippen LogP contribution in [0.3, 0.4) is 0 Å². The summed E-state index contributed by atoms with van der Waals surface area (Å²) in [5.74, 6) is 0.365. The van der Waals surface area contributed by atoms with E-state index < -0.39 is 16.1 Å². The summed E-state index contributed by atoms with van der Waals surface area (Å²) >= 11 is 0. The van der Waals surface area contributed by atoms with Crippen LogP contribution < -0.4 is 19.5 Å². The normalized spacial score (nSPS) is 13.9. The van der Waals surface area contributed by atoms with Gasteiger partial charge in [0.1, 0.15) is 0 Å². The molecule has 1 amide bonds. The fraction of sp³-hybridized carbons (Fsp3) is 0.562. The molecule has 136 valence electrons. The number of amides is 1. The average Bonchev–Trinajstić information content (AvgIpc) is 2.53. The quantitative estimate of drug-likeness (QED) is 0.700. The van der Waals surface area contributed by atoms with Crippen LogP contribution >= 0.6 is 0 Å². The van der Waals surface area contributed by atoms with E-state index in [2.05, 4.69) is 10.0 Å².